The number of aromatic amines is 1. The number of halogens is 1. The van der Waals surface area contributed by atoms with E-state index in [0.717, 1.165) is 45.8 Å². The van der Waals surface area contributed by atoms with Crippen LogP contribution in [0.5, 0.6) is 5.75 Å². The zero-order chi connectivity index (χ0) is 19.4. The smallest absolute Gasteiger partial charge is 0.266 e. The number of phenols is 1. The SMILES string of the molecule is Cc1cc(O)c(-c2ccc([C@@H]3CCC[C@H]3N)cc2)c2c1[nH]c(=O)c1sccc12.Cl. The van der Waals surface area contributed by atoms with Crippen molar-refractivity contribution >= 4 is 44.7 Å². The molecule has 2 atom stereocenters. The maximum atomic E-state index is 12.4. The summed E-state index contributed by atoms with van der Waals surface area (Å²) in [6.45, 7) is 1.91. The van der Waals surface area contributed by atoms with Gasteiger partial charge in [-0.05, 0) is 59.9 Å². The molecule has 1 fully saturated rings. The number of nitrogens with two attached hydrogens (primary N) is 1. The fourth-order valence-corrected chi connectivity index (χ4v) is 5.47. The minimum Gasteiger partial charge on any atom is -0.507 e. The van der Waals surface area contributed by atoms with E-state index in [1.165, 1.54) is 23.3 Å². The molecule has 150 valence electrons. The molecule has 1 aliphatic rings. The number of rotatable bonds is 2. The Bertz CT molecular complexity index is 1260. The monoisotopic (exact) mass is 426 g/mol. The molecule has 0 saturated heterocycles. The van der Waals surface area contributed by atoms with Crippen molar-refractivity contribution in [2.24, 2.45) is 5.73 Å². The number of thiophene rings is 1. The van der Waals surface area contributed by atoms with E-state index < -0.39 is 0 Å². The molecule has 0 amide bonds. The van der Waals surface area contributed by atoms with Crippen molar-refractivity contribution in [2.45, 2.75) is 38.1 Å². The molecule has 4 N–H and O–H groups in total. The Morgan fingerprint density at radius 2 is 1.93 bits per heavy atom. The van der Waals surface area contributed by atoms with Crippen molar-refractivity contribution in [3.63, 3.8) is 0 Å². The first-order chi connectivity index (χ1) is 13.5. The summed E-state index contributed by atoms with van der Waals surface area (Å²) in [5.41, 5.74) is 10.8. The Kier molecular flexibility index (Phi) is 5.15. The number of aromatic hydroxyl groups is 1. The highest BCUT2D eigenvalue weighted by Crippen LogP contribution is 2.42. The maximum Gasteiger partial charge on any atom is 0.266 e. The molecule has 1 aliphatic carbocycles. The van der Waals surface area contributed by atoms with Crippen LogP contribution in [0.3, 0.4) is 0 Å². The highest BCUT2D eigenvalue weighted by atomic mass is 35.5. The molecule has 4 aromatic rings. The van der Waals surface area contributed by atoms with Crippen LogP contribution in [0.4, 0.5) is 0 Å². The van der Waals surface area contributed by atoms with Gasteiger partial charge in [-0.1, -0.05) is 30.7 Å². The Morgan fingerprint density at radius 3 is 2.62 bits per heavy atom. The average molecular weight is 427 g/mol. The topological polar surface area (TPSA) is 79.1 Å². The number of aromatic nitrogens is 1. The fourth-order valence-electron chi connectivity index (χ4n) is 4.67. The van der Waals surface area contributed by atoms with Gasteiger partial charge in [-0.2, -0.15) is 0 Å². The van der Waals surface area contributed by atoms with Gasteiger partial charge in [-0.3, -0.25) is 4.79 Å². The first kappa shape index (κ1) is 20.0. The van der Waals surface area contributed by atoms with E-state index in [4.69, 9.17) is 5.73 Å². The summed E-state index contributed by atoms with van der Waals surface area (Å²) in [5.74, 6) is 0.646. The zero-order valence-corrected chi connectivity index (χ0v) is 17.7. The van der Waals surface area contributed by atoms with Gasteiger partial charge in [0.2, 0.25) is 0 Å². The number of phenolic OH excluding ortho intramolecular Hbond substituents is 1. The molecule has 2 heterocycles. The Balaban J connectivity index is 0.00000205. The minimum absolute atomic E-state index is 0. The van der Waals surface area contributed by atoms with E-state index in [1.54, 1.807) is 6.07 Å². The zero-order valence-electron chi connectivity index (χ0n) is 16.1. The lowest BCUT2D eigenvalue weighted by Crippen LogP contribution is -2.22. The molecule has 4 nitrogen and oxygen atoms in total. The number of hydrogen-bond donors (Lipinski definition) is 3. The molecule has 0 spiro atoms. The summed E-state index contributed by atoms with van der Waals surface area (Å²) in [6, 6.07) is 12.3. The van der Waals surface area contributed by atoms with Crippen LogP contribution in [0.1, 0.15) is 36.3 Å². The van der Waals surface area contributed by atoms with Gasteiger partial charge in [-0.25, -0.2) is 0 Å². The van der Waals surface area contributed by atoms with Crippen molar-refractivity contribution in [3.8, 4) is 16.9 Å². The van der Waals surface area contributed by atoms with Crippen molar-refractivity contribution in [2.75, 3.05) is 0 Å². The van der Waals surface area contributed by atoms with Gasteiger partial charge in [0.05, 0.1) is 5.52 Å². The van der Waals surface area contributed by atoms with Crippen LogP contribution in [-0.2, 0) is 0 Å². The molecule has 0 bridgehead atoms. The first-order valence-corrected chi connectivity index (χ1v) is 10.5. The molecule has 29 heavy (non-hydrogen) atoms. The molecular formula is C23H23ClN2O2S. The number of nitrogens with one attached hydrogen (secondary N) is 1. The number of benzene rings is 2. The van der Waals surface area contributed by atoms with Crippen LogP contribution in [0.25, 0.3) is 32.1 Å². The van der Waals surface area contributed by atoms with Crippen LogP contribution in [0, 0.1) is 6.92 Å². The second kappa shape index (κ2) is 7.48. The summed E-state index contributed by atoms with van der Waals surface area (Å²) in [5, 5.41) is 14.5. The number of fused-ring (bicyclic) bond motifs is 3. The summed E-state index contributed by atoms with van der Waals surface area (Å²) in [6.07, 6.45) is 3.40. The Labute approximate surface area is 178 Å². The highest BCUT2D eigenvalue weighted by molar-refractivity contribution is 7.17. The fraction of sp³-hybridized carbons (Fsp3) is 0.261. The normalized spacial score (nSPS) is 19.0. The van der Waals surface area contributed by atoms with Gasteiger partial charge in [0, 0.05) is 22.4 Å². The second-order valence-electron chi connectivity index (χ2n) is 7.78. The molecule has 5 rings (SSSR count). The van der Waals surface area contributed by atoms with E-state index in [9.17, 15) is 9.90 Å². The van der Waals surface area contributed by atoms with Crippen molar-refractivity contribution in [3.05, 3.63) is 63.3 Å². The third-order valence-corrected chi connectivity index (χ3v) is 6.99. The third-order valence-electron chi connectivity index (χ3n) is 6.08. The largest absolute Gasteiger partial charge is 0.507 e. The number of H-pyrrole nitrogens is 1. The first-order valence-electron chi connectivity index (χ1n) is 9.66. The summed E-state index contributed by atoms with van der Waals surface area (Å²) in [4.78, 5) is 15.5. The van der Waals surface area contributed by atoms with Gasteiger partial charge in [0.1, 0.15) is 10.4 Å². The lowest BCUT2D eigenvalue weighted by Gasteiger charge is -2.17. The van der Waals surface area contributed by atoms with Gasteiger partial charge >= 0.3 is 0 Å². The van der Waals surface area contributed by atoms with Gasteiger partial charge in [0.15, 0.2) is 0 Å². The molecule has 2 aromatic heterocycles. The van der Waals surface area contributed by atoms with Gasteiger partial charge in [0.25, 0.3) is 5.56 Å². The lowest BCUT2D eigenvalue weighted by molar-refractivity contribution is 0.477. The molecule has 0 aliphatic heterocycles. The average Bonchev–Trinajstić information content (AvgIpc) is 3.33. The van der Waals surface area contributed by atoms with E-state index in [1.807, 2.05) is 18.4 Å². The summed E-state index contributed by atoms with van der Waals surface area (Å²) < 4.78 is 0.687. The third kappa shape index (κ3) is 3.14. The van der Waals surface area contributed by atoms with Crippen LogP contribution in [0.15, 0.2) is 46.6 Å². The second-order valence-corrected chi connectivity index (χ2v) is 8.69. The van der Waals surface area contributed by atoms with Gasteiger partial charge in [-0.15, -0.1) is 23.7 Å². The quantitative estimate of drug-likeness (QED) is 0.399. The van der Waals surface area contributed by atoms with Crippen LogP contribution in [-0.4, -0.2) is 16.1 Å². The van der Waals surface area contributed by atoms with Crippen LogP contribution < -0.4 is 11.3 Å². The highest BCUT2D eigenvalue weighted by Gasteiger charge is 2.25. The number of aryl methyl sites for hydroxylation is 1. The molecule has 0 radical (unpaired) electrons. The van der Waals surface area contributed by atoms with E-state index in [-0.39, 0.29) is 29.8 Å². The summed E-state index contributed by atoms with van der Waals surface area (Å²) >= 11 is 1.42. The molecule has 1 saturated carbocycles. The summed E-state index contributed by atoms with van der Waals surface area (Å²) in [7, 11) is 0. The Hall–Kier alpha value is -2.34. The molecule has 2 aromatic carbocycles. The molecular weight excluding hydrogens is 404 g/mol. The van der Waals surface area contributed by atoms with Crippen LogP contribution in [0.2, 0.25) is 0 Å². The standard InChI is InChI=1S/C23H22N2O2S.ClH/c1-12-11-18(26)19(20-16-9-10-28-22(16)23(27)25-21(12)20)14-7-5-13(6-8-14)15-3-2-4-17(15)24;/h5-11,15,17,26H,2-4,24H2,1H3,(H,25,27);1H/t15-,17+;/m0./s1. The van der Waals surface area contributed by atoms with E-state index >= 15 is 0 Å². The number of hydrogen-bond acceptors (Lipinski definition) is 4. The maximum absolute atomic E-state index is 12.4. The molecule has 0 unspecified atom stereocenters. The van der Waals surface area contributed by atoms with Crippen molar-refractivity contribution in [1.82, 2.24) is 4.98 Å². The minimum atomic E-state index is -0.0807. The predicted octanol–water partition coefficient (Wildman–Crippen LogP) is 5.44. The van der Waals surface area contributed by atoms with Crippen molar-refractivity contribution in [1.29, 1.82) is 0 Å². The Morgan fingerprint density at radius 1 is 1.17 bits per heavy atom. The number of pyridine rings is 1. The van der Waals surface area contributed by atoms with E-state index in [0.29, 0.717) is 10.6 Å². The van der Waals surface area contributed by atoms with Gasteiger partial charge < -0.3 is 15.8 Å². The molecule has 6 heteroatoms. The van der Waals surface area contributed by atoms with Crippen molar-refractivity contribution < 1.29 is 5.11 Å². The lowest BCUT2D eigenvalue weighted by atomic mass is 9.91. The predicted molar refractivity (Wildman–Crippen MR) is 124 cm³/mol. The van der Waals surface area contributed by atoms with Crippen LogP contribution >= 0.6 is 23.7 Å². The van der Waals surface area contributed by atoms with E-state index in [2.05, 4.69) is 29.2 Å².